The first kappa shape index (κ1) is 15.4. The molecule has 1 aromatic rings. The molecule has 1 aliphatic rings. The first-order valence-electron chi connectivity index (χ1n) is 7.06. The average Bonchev–Trinajstić information content (AvgIpc) is 2.90. The van der Waals surface area contributed by atoms with Gasteiger partial charge in [-0.05, 0) is 31.3 Å². The van der Waals surface area contributed by atoms with Gasteiger partial charge in [-0.2, -0.15) is 11.8 Å². The molecule has 5 nitrogen and oxygen atoms in total. The zero-order valence-corrected chi connectivity index (χ0v) is 13.0. The molecular formula is C14H23N3O2S. The lowest BCUT2D eigenvalue weighted by molar-refractivity contribution is -0.141. The average molecular weight is 297 g/mol. The van der Waals surface area contributed by atoms with Crippen LogP contribution in [0.15, 0.2) is 12.4 Å². The molecule has 0 bridgehead atoms. The van der Waals surface area contributed by atoms with Crippen molar-refractivity contribution < 1.29 is 9.90 Å². The minimum atomic E-state index is -0.841. The van der Waals surface area contributed by atoms with Gasteiger partial charge < -0.3 is 14.6 Å². The van der Waals surface area contributed by atoms with Crippen molar-refractivity contribution in [2.24, 2.45) is 7.05 Å². The molecule has 0 aliphatic carbocycles. The second kappa shape index (κ2) is 7.13. The fourth-order valence-corrected chi connectivity index (χ4v) is 3.15. The van der Waals surface area contributed by atoms with Gasteiger partial charge in [0.25, 0.3) is 5.91 Å². The van der Waals surface area contributed by atoms with Crippen LogP contribution in [0.1, 0.15) is 31.0 Å². The minimum Gasteiger partial charge on any atom is -0.383 e. The van der Waals surface area contributed by atoms with Crippen LogP contribution >= 0.6 is 11.8 Å². The number of aliphatic hydroxyl groups excluding tert-OH is 1. The van der Waals surface area contributed by atoms with Crippen LogP contribution in [0.3, 0.4) is 0 Å². The standard InChI is InChI=1S/C14H23N3O2S/c1-16-9-6-15-13(16)11-3-7-17(8-4-11)14(19)12(18)5-10-20-2/h6,9,11-12,18H,3-5,7-8,10H2,1-2H3. The van der Waals surface area contributed by atoms with E-state index in [0.29, 0.717) is 25.4 Å². The number of hydrogen-bond acceptors (Lipinski definition) is 4. The molecule has 1 saturated heterocycles. The van der Waals surface area contributed by atoms with E-state index in [2.05, 4.69) is 9.55 Å². The Hall–Kier alpha value is -1.01. The Balaban J connectivity index is 1.85. The molecule has 1 aromatic heterocycles. The number of carbonyl (C=O) groups is 1. The Morgan fingerprint density at radius 2 is 2.25 bits per heavy atom. The summed E-state index contributed by atoms with van der Waals surface area (Å²) >= 11 is 1.65. The maximum absolute atomic E-state index is 12.1. The number of piperidine rings is 1. The summed E-state index contributed by atoms with van der Waals surface area (Å²) in [6.45, 7) is 1.43. The van der Waals surface area contributed by atoms with Gasteiger partial charge in [0.1, 0.15) is 11.9 Å². The van der Waals surface area contributed by atoms with E-state index in [1.165, 1.54) is 0 Å². The second-order valence-electron chi connectivity index (χ2n) is 5.29. The second-order valence-corrected chi connectivity index (χ2v) is 6.28. The van der Waals surface area contributed by atoms with E-state index >= 15 is 0 Å². The summed E-state index contributed by atoms with van der Waals surface area (Å²) in [5, 5.41) is 9.87. The van der Waals surface area contributed by atoms with E-state index in [9.17, 15) is 9.90 Å². The summed E-state index contributed by atoms with van der Waals surface area (Å²) in [6, 6.07) is 0. The third kappa shape index (κ3) is 3.55. The molecule has 0 spiro atoms. The number of aliphatic hydroxyl groups is 1. The molecule has 1 fully saturated rings. The highest BCUT2D eigenvalue weighted by molar-refractivity contribution is 7.98. The van der Waals surface area contributed by atoms with Gasteiger partial charge in [0.15, 0.2) is 0 Å². The highest BCUT2D eigenvalue weighted by Gasteiger charge is 2.28. The van der Waals surface area contributed by atoms with Gasteiger partial charge in [-0.25, -0.2) is 4.98 Å². The highest BCUT2D eigenvalue weighted by Crippen LogP contribution is 2.26. The normalized spacial score (nSPS) is 18.2. The maximum Gasteiger partial charge on any atom is 0.251 e. The van der Waals surface area contributed by atoms with Crippen molar-refractivity contribution >= 4 is 17.7 Å². The zero-order chi connectivity index (χ0) is 14.5. The van der Waals surface area contributed by atoms with Crippen molar-refractivity contribution in [2.45, 2.75) is 31.3 Å². The smallest absolute Gasteiger partial charge is 0.251 e. The van der Waals surface area contributed by atoms with E-state index in [0.717, 1.165) is 24.4 Å². The van der Waals surface area contributed by atoms with Crippen molar-refractivity contribution in [3.05, 3.63) is 18.2 Å². The van der Waals surface area contributed by atoms with Crippen LogP contribution in [0.2, 0.25) is 0 Å². The molecule has 0 aromatic carbocycles. The first-order chi connectivity index (χ1) is 9.63. The van der Waals surface area contributed by atoms with Crippen molar-refractivity contribution in [2.75, 3.05) is 25.1 Å². The number of amides is 1. The van der Waals surface area contributed by atoms with Gasteiger partial charge in [0.05, 0.1) is 0 Å². The van der Waals surface area contributed by atoms with Crippen LogP contribution in [-0.2, 0) is 11.8 Å². The van der Waals surface area contributed by atoms with E-state index in [-0.39, 0.29) is 5.91 Å². The molecule has 6 heteroatoms. The van der Waals surface area contributed by atoms with E-state index in [1.54, 1.807) is 16.7 Å². The number of thioether (sulfide) groups is 1. The predicted octanol–water partition coefficient (Wildman–Crippen LogP) is 1.24. The van der Waals surface area contributed by atoms with E-state index in [1.807, 2.05) is 25.7 Å². The van der Waals surface area contributed by atoms with Crippen LogP contribution in [-0.4, -0.2) is 56.7 Å². The summed E-state index contributed by atoms with van der Waals surface area (Å²) in [4.78, 5) is 18.3. The number of nitrogens with zero attached hydrogens (tertiary/aromatic N) is 3. The number of aromatic nitrogens is 2. The summed E-state index contributed by atoms with van der Waals surface area (Å²) in [6.07, 6.45) is 7.30. The van der Waals surface area contributed by atoms with Gasteiger partial charge in [0.2, 0.25) is 0 Å². The van der Waals surface area contributed by atoms with Gasteiger partial charge >= 0.3 is 0 Å². The Kier molecular flexibility index (Phi) is 5.48. The molecule has 1 N–H and O–H groups in total. The largest absolute Gasteiger partial charge is 0.383 e. The number of carbonyl (C=O) groups excluding carboxylic acids is 1. The third-order valence-corrected chi connectivity index (χ3v) is 4.55. The molecule has 0 saturated carbocycles. The fraction of sp³-hybridized carbons (Fsp3) is 0.714. The van der Waals surface area contributed by atoms with Crippen molar-refractivity contribution in [1.82, 2.24) is 14.5 Å². The van der Waals surface area contributed by atoms with E-state index < -0.39 is 6.10 Å². The summed E-state index contributed by atoms with van der Waals surface area (Å²) < 4.78 is 2.05. The summed E-state index contributed by atoms with van der Waals surface area (Å²) in [7, 11) is 2.01. The Bertz CT molecular complexity index is 441. The van der Waals surface area contributed by atoms with Gasteiger partial charge in [-0.1, -0.05) is 0 Å². The summed E-state index contributed by atoms with van der Waals surface area (Å²) in [5.41, 5.74) is 0. The topological polar surface area (TPSA) is 58.4 Å². The number of likely N-dealkylation sites (tertiary alicyclic amines) is 1. The number of hydrogen-bond donors (Lipinski definition) is 1. The Morgan fingerprint density at radius 1 is 1.55 bits per heavy atom. The van der Waals surface area contributed by atoms with Crippen LogP contribution in [0, 0.1) is 0 Å². The SMILES string of the molecule is CSCCC(O)C(=O)N1CCC(c2nccn2C)CC1. The molecule has 0 radical (unpaired) electrons. The van der Waals surface area contributed by atoms with Crippen LogP contribution in [0.5, 0.6) is 0 Å². The zero-order valence-electron chi connectivity index (χ0n) is 12.2. The fourth-order valence-electron chi connectivity index (χ4n) is 2.69. The molecule has 1 aliphatic heterocycles. The molecule has 1 atom stereocenters. The molecule has 1 unspecified atom stereocenters. The summed E-state index contributed by atoms with van der Waals surface area (Å²) in [5.74, 6) is 2.22. The number of rotatable bonds is 5. The van der Waals surface area contributed by atoms with Crippen LogP contribution in [0.25, 0.3) is 0 Å². The van der Waals surface area contributed by atoms with Crippen molar-refractivity contribution in [1.29, 1.82) is 0 Å². The highest BCUT2D eigenvalue weighted by atomic mass is 32.2. The molecule has 2 heterocycles. The molecule has 112 valence electrons. The quantitative estimate of drug-likeness (QED) is 0.888. The lowest BCUT2D eigenvalue weighted by atomic mass is 9.95. The number of imidazole rings is 1. The van der Waals surface area contributed by atoms with Crippen molar-refractivity contribution in [3.8, 4) is 0 Å². The van der Waals surface area contributed by atoms with Crippen LogP contribution in [0.4, 0.5) is 0 Å². The predicted molar refractivity (Wildman–Crippen MR) is 80.8 cm³/mol. The minimum absolute atomic E-state index is 0.114. The lowest BCUT2D eigenvalue weighted by Crippen LogP contribution is -2.43. The maximum atomic E-state index is 12.1. The lowest BCUT2D eigenvalue weighted by Gasteiger charge is -2.33. The third-order valence-electron chi connectivity index (χ3n) is 3.91. The van der Waals surface area contributed by atoms with Crippen LogP contribution < -0.4 is 0 Å². The monoisotopic (exact) mass is 297 g/mol. The van der Waals surface area contributed by atoms with Gasteiger partial charge in [-0.15, -0.1) is 0 Å². The van der Waals surface area contributed by atoms with Gasteiger partial charge in [-0.3, -0.25) is 4.79 Å². The number of aryl methyl sites for hydroxylation is 1. The molecule has 1 amide bonds. The first-order valence-corrected chi connectivity index (χ1v) is 8.46. The Morgan fingerprint density at radius 3 is 2.80 bits per heavy atom. The molecule has 2 rings (SSSR count). The van der Waals surface area contributed by atoms with Gasteiger partial charge in [0, 0.05) is 38.4 Å². The molecule has 20 heavy (non-hydrogen) atoms. The Labute approximate surface area is 124 Å². The van der Waals surface area contributed by atoms with Crippen molar-refractivity contribution in [3.63, 3.8) is 0 Å². The molecular weight excluding hydrogens is 274 g/mol. The van der Waals surface area contributed by atoms with E-state index in [4.69, 9.17) is 0 Å².